The molecule has 1 saturated heterocycles. The van der Waals surface area contributed by atoms with Gasteiger partial charge in [-0.25, -0.2) is 0 Å². The summed E-state index contributed by atoms with van der Waals surface area (Å²) in [5.41, 5.74) is -0.143. The Bertz CT molecular complexity index is 108. The van der Waals surface area contributed by atoms with E-state index in [2.05, 4.69) is 13.8 Å². The molecule has 60 valence electrons. The number of rotatable bonds is 4. The van der Waals surface area contributed by atoms with Crippen LogP contribution < -0.4 is 0 Å². The molecule has 0 bridgehead atoms. The summed E-state index contributed by atoms with van der Waals surface area (Å²) in [6.45, 7) is 4.39. The van der Waals surface area contributed by atoms with E-state index in [0.29, 0.717) is 6.10 Å². The zero-order valence-corrected chi connectivity index (χ0v) is 6.76. The van der Waals surface area contributed by atoms with Crippen molar-refractivity contribution in [3.05, 3.63) is 0 Å². The van der Waals surface area contributed by atoms with Crippen LogP contribution in [-0.2, 0) is 4.74 Å². The SMILES string of the molecule is CCC[C@@H]1O[C@@]1(CC)CO. The van der Waals surface area contributed by atoms with Gasteiger partial charge in [0.2, 0.25) is 0 Å². The highest BCUT2D eigenvalue weighted by Crippen LogP contribution is 2.41. The van der Waals surface area contributed by atoms with Crippen molar-refractivity contribution in [2.75, 3.05) is 6.61 Å². The predicted octanol–water partition coefficient (Wildman–Crippen LogP) is 1.33. The van der Waals surface area contributed by atoms with Crippen LogP contribution in [0.5, 0.6) is 0 Å². The lowest BCUT2D eigenvalue weighted by molar-refractivity contribution is 0.168. The third-order valence-corrected chi connectivity index (χ3v) is 2.32. The number of epoxide rings is 1. The second-order valence-corrected chi connectivity index (χ2v) is 2.97. The Morgan fingerprint density at radius 2 is 2.20 bits per heavy atom. The van der Waals surface area contributed by atoms with Gasteiger partial charge in [0, 0.05) is 0 Å². The minimum absolute atomic E-state index is 0.143. The Kier molecular flexibility index (Phi) is 2.32. The first kappa shape index (κ1) is 8.02. The maximum absolute atomic E-state index is 8.93. The summed E-state index contributed by atoms with van der Waals surface area (Å²) < 4.78 is 5.39. The van der Waals surface area contributed by atoms with Crippen LogP contribution in [0.4, 0.5) is 0 Å². The van der Waals surface area contributed by atoms with Crippen molar-refractivity contribution in [2.24, 2.45) is 0 Å². The molecular weight excluding hydrogens is 128 g/mol. The Hall–Kier alpha value is -0.0800. The molecule has 2 atom stereocenters. The molecule has 0 amide bonds. The standard InChI is InChI=1S/C8H16O2/c1-3-5-7-8(4-2,6-9)10-7/h7,9H,3-6H2,1-2H3/t7-,8-/m0/s1. The van der Waals surface area contributed by atoms with Crippen molar-refractivity contribution in [3.8, 4) is 0 Å². The van der Waals surface area contributed by atoms with Crippen molar-refractivity contribution in [2.45, 2.75) is 44.8 Å². The van der Waals surface area contributed by atoms with E-state index in [1.165, 1.54) is 0 Å². The first-order valence-electron chi connectivity index (χ1n) is 4.07. The molecule has 0 aromatic rings. The molecule has 2 nitrogen and oxygen atoms in total. The van der Waals surface area contributed by atoms with Crippen LogP contribution in [0.15, 0.2) is 0 Å². The van der Waals surface area contributed by atoms with Crippen LogP contribution in [-0.4, -0.2) is 23.4 Å². The molecule has 1 rings (SSSR count). The quantitative estimate of drug-likeness (QED) is 0.604. The molecule has 0 saturated carbocycles. The van der Waals surface area contributed by atoms with Gasteiger partial charge in [0.1, 0.15) is 5.60 Å². The highest BCUT2D eigenvalue weighted by molar-refractivity contribution is 5.00. The Morgan fingerprint density at radius 1 is 1.50 bits per heavy atom. The van der Waals surface area contributed by atoms with Crippen molar-refractivity contribution >= 4 is 0 Å². The summed E-state index contributed by atoms with van der Waals surface area (Å²) in [6.07, 6.45) is 3.52. The highest BCUT2D eigenvalue weighted by Gasteiger charge is 2.53. The van der Waals surface area contributed by atoms with Crippen LogP contribution >= 0.6 is 0 Å². The Morgan fingerprint density at radius 3 is 2.50 bits per heavy atom. The molecule has 1 heterocycles. The summed E-state index contributed by atoms with van der Waals surface area (Å²) in [7, 11) is 0. The van der Waals surface area contributed by atoms with E-state index in [1.807, 2.05) is 0 Å². The topological polar surface area (TPSA) is 32.8 Å². The van der Waals surface area contributed by atoms with E-state index >= 15 is 0 Å². The van der Waals surface area contributed by atoms with Gasteiger partial charge in [-0.15, -0.1) is 0 Å². The summed E-state index contributed by atoms with van der Waals surface area (Å²) in [6, 6.07) is 0. The number of aliphatic hydroxyl groups excluding tert-OH is 1. The van der Waals surface area contributed by atoms with Gasteiger partial charge in [0.05, 0.1) is 12.7 Å². The van der Waals surface area contributed by atoms with Gasteiger partial charge in [-0.05, 0) is 12.8 Å². The summed E-state index contributed by atoms with van der Waals surface area (Å²) >= 11 is 0. The molecule has 0 aromatic heterocycles. The second kappa shape index (κ2) is 2.89. The zero-order chi connectivity index (χ0) is 7.61. The minimum atomic E-state index is -0.143. The molecular formula is C8H16O2. The van der Waals surface area contributed by atoms with Gasteiger partial charge in [-0.2, -0.15) is 0 Å². The van der Waals surface area contributed by atoms with E-state index < -0.39 is 0 Å². The average molecular weight is 144 g/mol. The summed E-state index contributed by atoms with van der Waals surface area (Å²) in [5.74, 6) is 0. The van der Waals surface area contributed by atoms with Crippen LogP contribution in [0.25, 0.3) is 0 Å². The molecule has 0 spiro atoms. The first-order chi connectivity index (χ1) is 4.79. The highest BCUT2D eigenvalue weighted by atomic mass is 16.6. The van der Waals surface area contributed by atoms with Gasteiger partial charge < -0.3 is 9.84 Å². The van der Waals surface area contributed by atoms with E-state index in [0.717, 1.165) is 19.3 Å². The fourth-order valence-electron chi connectivity index (χ4n) is 1.40. The molecule has 2 heteroatoms. The van der Waals surface area contributed by atoms with Crippen LogP contribution in [0.1, 0.15) is 33.1 Å². The third kappa shape index (κ3) is 1.18. The maximum Gasteiger partial charge on any atom is 0.117 e. The minimum Gasteiger partial charge on any atom is -0.393 e. The number of ether oxygens (including phenoxy) is 1. The third-order valence-electron chi connectivity index (χ3n) is 2.32. The lowest BCUT2D eigenvalue weighted by atomic mass is 10.0. The molecule has 0 unspecified atom stereocenters. The van der Waals surface area contributed by atoms with Crippen LogP contribution in [0, 0.1) is 0 Å². The van der Waals surface area contributed by atoms with Crippen LogP contribution in [0.2, 0.25) is 0 Å². The lowest BCUT2D eigenvalue weighted by Crippen LogP contribution is -2.18. The molecule has 0 radical (unpaired) electrons. The van der Waals surface area contributed by atoms with Crippen molar-refractivity contribution < 1.29 is 9.84 Å². The first-order valence-corrected chi connectivity index (χ1v) is 4.07. The van der Waals surface area contributed by atoms with Crippen molar-refractivity contribution in [3.63, 3.8) is 0 Å². The molecule has 0 aromatic carbocycles. The van der Waals surface area contributed by atoms with E-state index in [9.17, 15) is 0 Å². The van der Waals surface area contributed by atoms with Gasteiger partial charge in [-0.1, -0.05) is 20.3 Å². The molecule has 0 aliphatic carbocycles. The largest absolute Gasteiger partial charge is 0.393 e. The monoisotopic (exact) mass is 144 g/mol. The molecule has 1 aliphatic heterocycles. The lowest BCUT2D eigenvalue weighted by Gasteiger charge is -2.03. The fraction of sp³-hybridized carbons (Fsp3) is 1.00. The van der Waals surface area contributed by atoms with Gasteiger partial charge in [0.25, 0.3) is 0 Å². The Balaban J connectivity index is 2.30. The second-order valence-electron chi connectivity index (χ2n) is 2.97. The Labute approximate surface area is 62.2 Å². The van der Waals surface area contributed by atoms with Crippen molar-refractivity contribution in [1.82, 2.24) is 0 Å². The zero-order valence-electron chi connectivity index (χ0n) is 6.76. The van der Waals surface area contributed by atoms with E-state index in [-0.39, 0.29) is 12.2 Å². The van der Waals surface area contributed by atoms with Crippen molar-refractivity contribution in [1.29, 1.82) is 0 Å². The van der Waals surface area contributed by atoms with E-state index in [1.54, 1.807) is 0 Å². The molecule has 1 aliphatic rings. The number of hydrogen-bond donors (Lipinski definition) is 1. The smallest absolute Gasteiger partial charge is 0.117 e. The van der Waals surface area contributed by atoms with Gasteiger partial charge in [0.15, 0.2) is 0 Å². The predicted molar refractivity (Wildman–Crippen MR) is 39.9 cm³/mol. The number of hydrogen-bond acceptors (Lipinski definition) is 2. The average Bonchev–Trinajstić information content (AvgIpc) is 2.65. The van der Waals surface area contributed by atoms with Crippen LogP contribution in [0.3, 0.4) is 0 Å². The van der Waals surface area contributed by atoms with Gasteiger partial charge in [-0.3, -0.25) is 0 Å². The molecule has 10 heavy (non-hydrogen) atoms. The fourth-order valence-corrected chi connectivity index (χ4v) is 1.40. The normalized spacial score (nSPS) is 38.1. The molecule has 1 N–H and O–H groups in total. The summed E-state index contributed by atoms with van der Waals surface area (Å²) in [5, 5.41) is 8.93. The number of aliphatic hydroxyl groups is 1. The van der Waals surface area contributed by atoms with E-state index in [4.69, 9.17) is 9.84 Å². The molecule has 1 fully saturated rings. The van der Waals surface area contributed by atoms with Gasteiger partial charge >= 0.3 is 0 Å². The maximum atomic E-state index is 8.93. The summed E-state index contributed by atoms with van der Waals surface area (Å²) in [4.78, 5) is 0.